The van der Waals surface area contributed by atoms with Crippen molar-refractivity contribution in [3.05, 3.63) is 0 Å². The first-order valence-electron chi connectivity index (χ1n) is 8.05. The fourth-order valence-corrected chi connectivity index (χ4v) is 4.36. The fourth-order valence-electron chi connectivity index (χ4n) is 4.36. The summed E-state index contributed by atoms with van der Waals surface area (Å²) < 4.78 is 0. The SMILES string of the molecule is CCCC1CCC(CN)C(N2CCCC2(C)C)C1. The molecule has 106 valence electrons. The average molecular weight is 252 g/mol. The van der Waals surface area contributed by atoms with Crippen LogP contribution in [0.2, 0.25) is 0 Å². The molecular weight excluding hydrogens is 220 g/mol. The highest BCUT2D eigenvalue weighted by atomic mass is 15.2. The van der Waals surface area contributed by atoms with E-state index in [9.17, 15) is 0 Å². The number of rotatable bonds is 4. The van der Waals surface area contributed by atoms with Crippen molar-refractivity contribution in [3.63, 3.8) is 0 Å². The van der Waals surface area contributed by atoms with Crippen LogP contribution in [0.3, 0.4) is 0 Å². The molecule has 1 heterocycles. The van der Waals surface area contributed by atoms with Crippen LogP contribution in [-0.4, -0.2) is 29.6 Å². The van der Waals surface area contributed by atoms with Gasteiger partial charge in [0, 0.05) is 11.6 Å². The molecule has 3 unspecified atom stereocenters. The van der Waals surface area contributed by atoms with Crippen LogP contribution in [0, 0.1) is 11.8 Å². The summed E-state index contributed by atoms with van der Waals surface area (Å²) in [5, 5.41) is 0. The fraction of sp³-hybridized carbons (Fsp3) is 1.00. The minimum absolute atomic E-state index is 0.409. The first-order chi connectivity index (χ1) is 8.58. The second kappa shape index (κ2) is 5.92. The number of hydrogen-bond acceptors (Lipinski definition) is 2. The lowest BCUT2D eigenvalue weighted by molar-refractivity contribution is 0.0349. The molecule has 1 saturated carbocycles. The van der Waals surface area contributed by atoms with Crippen LogP contribution in [0.1, 0.15) is 65.7 Å². The van der Waals surface area contributed by atoms with Gasteiger partial charge in [0.1, 0.15) is 0 Å². The summed E-state index contributed by atoms with van der Waals surface area (Å²) in [5.74, 6) is 1.70. The van der Waals surface area contributed by atoms with Crippen LogP contribution in [0.25, 0.3) is 0 Å². The molecule has 2 aliphatic rings. The largest absolute Gasteiger partial charge is 0.330 e. The highest BCUT2D eigenvalue weighted by molar-refractivity contribution is 4.97. The molecule has 1 aliphatic carbocycles. The van der Waals surface area contributed by atoms with Gasteiger partial charge in [0.2, 0.25) is 0 Å². The molecule has 2 nitrogen and oxygen atoms in total. The molecule has 0 aromatic rings. The van der Waals surface area contributed by atoms with Gasteiger partial charge in [-0.1, -0.05) is 26.2 Å². The second-order valence-electron chi connectivity index (χ2n) is 7.14. The van der Waals surface area contributed by atoms with E-state index in [4.69, 9.17) is 5.73 Å². The first-order valence-corrected chi connectivity index (χ1v) is 8.05. The van der Waals surface area contributed by atoms with Crippen LogP contribution in [0.4, 0.5) is 0 Å². The van der Waals surface area contributed by atoms with E-state index >= 15 is 0 Å². The Bertz CT molecular complexity index is 262. The van der Waals surface area contributed by atoms with Crippen molar-refractivity contribution in [2.45, 2.75) is 77.3 Å². The number of likely N-dealkylation sites (tertiary alicyclic amines) is 1. The van der Waals surface area contributed by atoms with E-state index in [1.165, 1.54) is 51.5 Å². The molecular formula is C16H32N2. The van der Waals surface area contributed by atoms with Crippen LogP contribution in [-0.2, 0) is 0 Å². The molecule has 2 N–H and O–H groups in total. The Hall–Kier alpha value is -0.0800. The Morgan fingerprint density at radius 3 is 2.61 bits per heavy atom. The summed E-state index contributed by atoms with van der Waals surface area (Å²) in [4.78, 5) is 2.80. The van der Waals surface area contributed by atoms with Gasteiger partial charge in [0.05, 0.1) is 0 Å². The van der Waals surface area contributed by atoms with Gasteiger partial charge in [-0.05, 0) is 64.5 Å². The lowest BCUT2D eigenvalue weighted by Crippen LogP contribution is -2.52. The highest BCUT2D eigenvalue weighted by Crippen LogP contribution is 2.40. The second-order valence-corrected chi connectivity index (χ2v) is 7.14. The van der Waals surface area contributed by atoms with Crippen LogP contribution >= 0.6 is 0 Å². The zero-order chi connectivity index (χ0) is 13.2. The summed E-state index contributed by atoms with van der Waals surface area (Å²) in [6.45, 7) is 9.36. The van der Waals surface area contributed by atoms with Crippen molar-refractivity contribution in [3.8, 4) is 0 Å². The predicted octanol–water partition coefficient (Wildman–Crippen LogP) is 3.40. The molecule has 2 rings (SSSR count). The molecule has 2 fully saturated rings. The molecule has 0 aromatic carbocycles. The molecule has 0 amide bonds. The monoisotopic (exact) mass is 252 g/mol. The Balaban J connectivity index is 2.06. The number of hydrogen-bond donors (Lipinski definition) is 1. The molecule has 3 atom stereocenters. The molecule has 2 heteroatoms. The highest BCUT2D eigenvalue weighted by Gasteiger charge is 2.41. The molecule has 1 aliphatic heterocycles. The van der Waals surface area contributed by atoms with Crippen LogP contribution in [0.5, 0.6) is 0 Å². The Kier molecular flexibility index (Phi) is 4.71. The van der Waals surface area contributed by atoms with E-state index in [1.54, 1.807) is 0 Å². The lowest BCUT2D eigenvalue weighted by Gasteiger charge is -2.46. The number of nitrogens with zero attached hydrogens (tertiary/aromatic N) is 1. The first kappa shape index (κ1) is 14.3. The lowest BCUT2D eigenvalue weighted by atomic mass is 9.75. The summed E-state index contributed by atoms with van der Waals surface area (Å²) in [6, 6.07) is 0.762. The van der Waals surface area contributed by atoms with Gasteiger partial charge in [0.15, 0.2) is 0 Å². The van der Waals surface area contributed by atoms with Crippen molar-refractivity contribution in [2.75, 3.05) is 13.1 Å². The minimum Gasteiger partial charge on any atom is -0.330 e. The third-order valence-electron chi connectivity index (χ3n) is 5.43. The van der Waals surface area contributed by atoms with Gasteiger partial charge in [0.25, 0.3) is 0 Å². The van der Waals surface area contributed by atoms with Gasteiger partial charge < -0.3 is 5.73 Å². The normalized spacial score (nSPS) is 37.0. The van der Waals surface area contributed by atoms with Gasteiger partial charge in [-0.25, -0.2) is 0 Å². The maximum absolute atomic E-state index is 6.04. The van der Waals surface area contributed by atoms with Gasteiger partial charge >= 0.3 is 0 Å². The van der Waals surface area contributed by atoms with Crippen molar-refractivity contribution in [1.29, 1.82) is 0 Å². The summed E-state index contributed by atoms with van der Waals surface area (Å²) in [5.41, 5.74) is 6.45. The molecule has 1 saturated heterocycles. The van der Waals surface area contributed by atoms with Crippen molar-refractivity contribution >= 4 is 0 Å². The molecule has 0 aromatic heterocycles. The quantitative estimate of drug-likeness (QED) is 0.831. The zero-order valence-corrected chi connectivity index (χ0v) is 12.6. The molecule has 18 heavy (non-hydrogen) atoms. The van der Waals surface area contributed by atoms with Gasteiger partial charge in [-0.3, -0.25) is 4.90 Å². The van der Waals surface area contributed by atoms with E-state index in [1.807, 2.05) is 0 Å². The molecule has 0 spiro atoms. The van der Waals surface area contributed by atoms with Crippen molar-refractivity contribution < 1.29 is 0 Å². The van der Waals surface area contributed by atoms with E-state index in [-0.39, 0.29) is 0 Å². The third kappa shape index (κ3) is 2.91. The smallest absolute Gasteiger partial charge is 0.0156 e. The Labute approximate surface area is 113 Å². The Morgan fingerprint density at radius 2 is 2.06 bits per heavy atom. The van der Waals surface area contributed by atoms with Crippen molar-refractivity contribution in [2.24, 2.45) is 17.6 Å². The Morgan fingerprint density at radius 1 is 1.28 bits per heavy atom. The maximum Gasteiger partial charge on any atom is 0.0156 e. The summed E-state index contributed by atoms with van der Waals surface area (Å²) in [6.07, 6.45) is 9.67. The topological polar surface area (TPSA) is 29.3 Å². The van der Waals surface area contributed by atoms with Crippen molar-refractivity contribution in [1.82, 2.24) is 4.90 Å². The van der Waals surface area contributed by atoms with E-state index in [0.717, 1.165) is 24.4 Å². The van der Waals surface area contributed by atoms with Crippen LogP contribution in [0.15, 0.2) is 0 Å². The summed E-state index contributed by atoms with van der Waals surface area (Å²) >= 11 is 0. The van der Waals surface area contributed by atoms with E-state index < -0.39 is 0 Å². The predicted molar refractivity (Wildman–Crippen MR) is 78.6 cm³/mol. The average Bonchev–Trinajstić information content (AvgIpc) is 2.69. The molecule has 0 radical (unpaired) electrons. The minimum atomic E-state index is 0.409. The molecule has 0 bridgehead atoms. The van der Waals surface area contributed by atoms with E-state index in [2.05, 4.69) is 25.7 Å². The van der Waals surface area contributed by atoms with E-state index in [0.29, 0.717) is 5.54 Å². The third-order valence-corrected chi connectivity index (χ3v) is 5.43. The summed E-state index contributed by atoms with van der Waals surface area (Å²) in [7, 11) is 0. The van der Waals surface area contributed by atoms with Gasteiger partial charge in [-0.15, -0.1) is 0 Å². The van der Waals surface area contributed by atoms with Crippen LogP contribution < -0.4 is 5.73 Å². The number of nitrogens with two attached hydrogens (primary N) is 1. The zero-order valence-electron chi connectivity index (χ0n) is 12.6. The standard InChI is InChI=1S/C16H32N2/c1-4-6-13-7-8-14(12-17)15(11-13)18-10-5-9-16(18,2)3/h13-15H,4-12,17H2,1-3H3. The van der Waals surface area contributed by atoms with Gasteiger partial charge in [-0.2, -0.15) is 0 Å². The maximum atomic E-state index is 6.04.